The molecule has 0 heterocycles. The lowest BCUT2D eigenvalue weighted by Gasteiger charge is -2.08. The minimum absolute atomic E-state index is 0.358. The molecule has 0 unspecified atom stereocenters. The van der Waals surface area contributed by atoms with Gasteiger partial charge in [0.15, 0.2) is 0 Å². The lowest BCUT2D eigenvalue weighted by Crippen LogP contribution is -1.98. The largest absolute Gasteiger partial charge is 0.496 e. The smallest absolute Gasteiger partial charge is 0.330 e. The second-order valence-electron chi connectivity index (χ2n) is 4.17. The molecule has 0 aliphatic heterocycles. The van der Waals surface area contributed by atoms with Crippen LogP contribution in [-0.4, -0.2) is 19.7 Å². The quantitative estimate of drug-likeness (QED) is 0.621. The highest BCUT2D eigenvalue weighted by atomic mass is 79.9. The number of methoxy groups -OCH3 is 1. The molecule has 2 aromatic rings. The Morgan fingerprint density at radius 2 is 2.05 bits per heavy atom. The molecule has 0 fully saturated rings. The summed E-state index contributed by atoms with van der Waals surface area (Å²) in [6.07, 6.45) is 3.11. The van der Waals surface area contributed by atoms with Crippen molar-refractivity contribution in [3.05, 3.63) is 46.4 Å². The molecule has 2 aromatic carbocycles. The zero-order valence-corrected chi connectivity index (χ0v) is 12.9. The highest BCUT2D eigenvalue weighted by Crippen LogP contribution is 2.28. The van der Waals surface area contributed by atoms with Crippen molar-refractivity contribution in [1.29, 1.82) is 0 Å². The van der Waals surface area contributed by atoms with Crippen molar-refractivity contribution in [2.24, 2.45) is 0 Å². The maximum Gasteiger partial charge on any atom is 0.330 e. The first-order valence-electron chi connectivity index (χ1n) is 6.26. The van der Waals surface area contributed by atoms with Crippen molar-refractivity contribution in [3.8, 4) is 5.75 Å². The molecule has 0 spiro atoms. The first kappa shape index (κ1) is 14.6. The molecule has 0 radical (unpaired) electrons. The number of hydrogen-bond donors (Lipinski definition) is 0. The molecule has 0 atom stereocenters. The highest BCUT2D eigenvalue weighted by molar-refractivity contribution is 9.10. The summed E-state index contributed by atoms with van der Waals surface area (Å²) in [4.78, 5) is 11.4. The normalized spacial score (nSPS) is 10.9. The second-order valence-corrected chi connectivity index (χ2v) is 5.09. The molecule has 0 N–H and O–H groups in total. The summed E-state index contributed by atoms with van der Waals surface area (Å²) >= 11 is 3.45. The van der Waals surface area contributed by atoms with Crippen LogP contribution in [0, 0.1) is 0 Å². The van der Waals surface area contributed by atoms with E-state index in [0.29, 0.717) is 6.61 Å². The summed E-state index contributed by atoms with van der Waals surface area (Å²) in [5, 5.41) is 2.15. The number of benzene rings is 2. The lowest BCUT2D eigenvalue weighted by atomic mass is 10.1. The third kappa shape index (κ3) is 3.39. The Morgan fingerprint density at radius 3 is 2.75 bits per heavy atom. The second kappa shape index (κ2) is 6.57. The van der Waals surface area contributed by atoms with E-state index in [1.54, 1.807) is 20.1 Å². The Morgan fingerprint density at radius 1 is 1.25 bits per heavy atom. The number of hydrogen-bond acceptors (Lipinski definition) is 3. The summed E-state index contributed by atoms with van der Waals surface area (Å²) in [6.45, 7) is 2.14. The Kier molecular flexibility index (Phi) is 4.79. The Bertz CT molecular complexity index is 662. The zero-order valence-electron chi connectivity index (χ0n) is 11.4. The highest BCUT2D eigenvalue weighted by Gasteiger charge is 2.04. The average molecular weight is 335 g/mol. The molecule has 104 valence electrons. The van der Waals surface area contributed by atoms with Crippen LogP contribution in [0.4, 0.5) is 0 Å². The van der Waals surface area contributed by atoms with Crippen molar-refractivity contribution in [3.63, 3.8) is 0 Å². The number of halogens is 1. The fourth-order valence-electron chi connectivity index (χ4n) is 1.92. The molecule has 2 rings (SSSR count). The van der Waals surface area contributed by atoms with E-state index in [2.05, 4.69) is 15.9 Å². The summed E-state index contributed by atoms with van der Waals surface area (Å²) in [6, 6.07) is 9.95. The fourth-order valence-corrected chi connectivity index (χ4v) is 2.30. The maximum atomic E-state index is 11.4. The third-order valence-corrected chi connectivity index (χ3v) is 3.33. The number of esters is 1. The predicted molar refractivity (Wildman–Crippen MR) is 83.9 cm³/mol. The number of ether oxygens (including phenoxy) is 2. The number of fused-ring (bicyclic) bond motifs is 1. The van der Waals surface area contributed by atoms with Gasteiger partial charge in [-0.25, -0.2) is 4.79 Å². The maximum absolute atomic E-state index is 11.4. The number of carbonyl (C=O) groups excluding carboxylic acids is 1. The van der Waals surface area contributed by atoms with Gasteiger partial charge in [-0.15, -0.1) is 0 Å². The minimum atomic E-state index is -0.358. The molecule has 0 amide bonds. The van der Waals surface area contributed by atoms with Gasteiger partial charge in [0.1, 0.15) is 5.75 Å². The Hall–Kier alpha value is -1.81. The van der Waals surface area contributed by atoms with Gasteiger partial charge in [-0.05, 0) is 48.0 Å². The zero-order chi connectivity index (χ0) is 14.5. The molecular formula is C16H15BrO3. The minimum Gasteiger partial charge on any atom is -0.496 e. The van der Waals surface area contributed by atoms with Crippen molar-refractivity contribution in [1.82, 2.24) is 0 Å². The molecule has 0 bridgehead atoms. The van der Waals surface area contributed by atoms with Gasteiger partial charge in [-0.2, -0.15) is 0 Å². The van der Waals surface area contributed by atoms with Gasteiger partial charge in [-0.1, -0.05) is 22.0 Å². The van der Waals surface area contributed by atoms with E-state index in [9.17, 15) is 4.79 Å². The van der Waals surface area contributed by atoms with Gasteiger partial charge in [0, 0.05) is 16.1 Å². The van der Waals surface area contributed by atoms with E-state index < -0.39 is 0 Å². The van der Waals surface area contributed by atoms with Crippen LogP contribution >= 0.6 is 15.9 Å². The molecule has 0 aliphatic rings. The van der Waals surface area contributed by atoms with Crippen LogP contribution in [-0.2, 0) is 9.53 Å². The third-order valence-electron chi connectivity index (χ3n) is 2.84. The van der Waals surface area contributed by atoms with Crippen LogP contribution < -0.4 is 4.74 Å². The molecule has 0 aliphatic carbocycles. The molecule has 20 heavy (non-hydrogen) atoms. The van der Waals surface area contributed by atoms with E-state index in [0.717, 1.165) is 26.6 Å². The number of carbonyl (C=O) groups is 1. The molecule has 0 aromatic heterocycles. The number of rotatable bonds is 4. The summed E-state index contributed by atoms with van der Waals surface area (Å²) in [5.74, 6) is 0.365. The van der Waals surface area contributed by atoms with E-state index in [-0.39, 0.29) is 5.97 Å². The van der Waals surface area contributed by atoms with Gasteiger partial charge in [0.25, 0.3) is 0 Å². The van der Waals surface area contributed by atoms with Gasteiger partial charge in [0.05, 0.1) is 13.7 Å². The molecular weight excluding hydrogens is 320 g/mol. The van der Waals surface area contributed by atoms with Crippen molar-refractivity contribution in [2.75, 3.05) is 13.7 Å². The molecule has 0 saturated carbocycles. The SMILES string of the molecule is CCOC(=O)/C=C/c1cc2cc(Br)ccc2cc1OC. The summed E-state index contributed by atoms with van der Waals surface area (Å²) in [5.41, 5.74) is 0.839. The van der Waals surface area contributed by atoms with E-state index in [4.69, 9.17) is 9.47 Å². The topological polar surface area (TPSA) is 35.5 Å². The molecule has 3 nitrogen and oxygen atoms in total. The van der Waals surface area contributed by atoms with Crippen molar-refractivity contribution < 1.29 is 14.3 Å². The van der Waals surface area contributed by atoms with Crippen LogP contribution in [0.1, 0.15) is 12.5 Å². The van der Waals surface area contributed by atoms with Crippen LogP contribution in [0.25, 0.3) is 16.8 Å². The van der Waals surface area contributed by atoms with Crippen molar-refractivity contribution >= 4 is 38.7 Å². The Labute approximate surface area is 126 Å². The van der Waals surface area contributed by atoms with Crippen LogP contribution in [0.5, 0.6) is 5.75 Å². The first-order valence-corrected chi connectivity index (χ1v) is 7.05. The van der Waals surface area contributed by atoms with Crippen molar-refractivity contribution in [2.45, 2.75) is 6.92 Å². The summed E-state index contributed by atoms with van der Waals surface area (Å²) in [7, 11) is 1.61. The van der Waals surface area contributed by atoms with E-state index in [1.807, 2.05) is 30.3 Å². The van der Waals surface area contributed by atoms with Gasteiger partial charge >= 0.3 is 5.97 Å². The van der Waals surface area contributed by atoms with Gasteiger partial charge in [0.2, 0.25) is 0 Å². The van der Waals surface area contributed by atoms with E-state index >= 15 is 0 Å². The lowest BCUT2D eigenvalue weighted by molar-refractivity contribution is -0.137. The van der Waals surface area contributed by atoms with E-state index in [1.165, 1.54) is 6.08 Å². The van der Waals surface area contributed by atoms with Crippen LogP contribution in [0.3, 0.4) is 0 Å². The molecule has 0 saturated heterocycles. The summed E-state index contributed by atoms with van der Waals surface area (Å²) < 4.78 is 11.2. The predicted octanol–water partition coefficient (Wildman–Crippen LogP) is 4.19. The molecule has 4 heteroatoms. The van der Waals surface area contributed by atoms with Gasteiger partial charge < -0.3 is 9.47 Å². The average Bonchev–Trinajstić information content (AvgIpc) is 2.44. The standard InChI is InChI=1S/C16H15BrO3/c1-3-20-16(18)7-5-12-8-13-9-14(17)6-4-11(13)10-15(12)19-2/h4-10H,3H2,1-2H3/b7-5+. The van der Waals surface area contributed by atoms with Crippen LogP contribution in [0.2, 0.25) is 0 Å². The Balaban J connectivity index is 2.42. The monoisotopic (exact) mass is 334 g/mol. The van der Waals surface area contributed by atoms with Crippen LogP contribution in [0.15, 0.2) is 40.9 Å². The fraction of sp³-hybridized carbons (Fsp3) is 0.188. The first-order chi connectivity index (χ1) is 9.63. The van der Waals surface area contributed by atoms with Gasteiger partial charge in [-0.3, -0.25) is 0 Å².